The van der Waals surface area contributed by atoms with Gasteiger partial charge in [-0.2, -0.15) is 5.10 Å². The summed E-state index contributed by atoms with van der Waals surface area (Å²) in [4.78, 5) is 12.8. The van der Waals surface area contributed by atoms with Crippen molar-refractivity contribution in [1.82, 2.24) is 20.8 Å². The third-order valence-corrected chi connectivity index (χ3v) is 5.16. The minimum atomic E-state index is -0.259. The lowest BCUT2D eigenvalue weighted by Crippen LogP contribution is -2.37. The van der Waals surface area contributed by atoms with Gasteiger partial charge < -0.3 is 10.6 Å². The third-order valence-electron chi connectivity index (χ3n) is 5.16. The second-order valence-corrected chi connectivity index (χ2v) is 6.65. The van der Waals surface area contributed by atoms with E-state index in [1.165, 1.54) is 18.6 Å². The molecule has 1 aliphatic heterocycles. The number of aromatic nitrogens is 2. The lowest BCUT2D eigenvalue weighted by molar-refractivity contribution is 0.0894. The van der Waals surface area contributed by atoms with E-state index in [1.54, 1.807) is 12.1 Å². The van der Waals surface area contributed by atoms with Crippen LogP contribution in [-0.2, 0) is 13.0 Å². The Bertz CT molecular complexity index is 742. The number of benzene rings is 1. The van der Waals surface area contributed by atoms with Crippen LogP contribution in [0.1, 0.15) is 52.6 Å². The van der Waals surface area contributed by atoms with Crippen molar-refractivity contribution in [2.24, 2.45) is 5.92 Å². The van der Waals surface area contributed by atoms with Crippen molar-refractivity contribution in [3.63, 3.8) is 0 Å². The topological polar surface area (TPSA) is 69.8 Å². The van der Waals surface area contributed by atoms with Crippen molar-refractivity contribution >= 4 is 18.3 Å². The van der Waals surface area contributed by atoms with Gasteiger partial charge in [-0.3, -0.25) is 9.89 Å². The van der Waals surface area contributed by atoms with Crippen molar-refractivity contribution in [3.05, 3.63) is 52.6 Å². The van der Waals surface area contributed by atoms with Crippen LogP contribution in [0.3, 0.4) is 0 Å². The van der Waals surface area contributed by atoms with Crippen LogP contribution in [0.15, 0.2) is 24.3 Å². The number of carbonyl (C=O) groups is 1. The molecule has 0 spiro atoms. The second kappa shape index (κ2) is 7.54. The Kier molecular flexibility index (Phi) is 5.39. The predicted octanol–water partition coefficient (Wildman–Crippen LogP) is 2.89. The van der Waals surface area contributed by atoms with Gasteiger partial charge in [0.25, 0.3) is 5.91 Å². The summed E-state index contributed by atoms with van der Waals surface area (Å²) in [7, 11) is 0. The summed E-state index contributed by atoms with van der Waals surface area (Å²) in [6, 6.07) is 6.34. The van der Waals surface area contributed by atoms with Gasteiger partial charge in [-0.1, -0.05) is 18.6 Å². The summed E-state index contributed by atoms with van der Waals surface area (Å²) < 4.78 is 13.2. The first-order chi connectivity index (χ1) is 11.7. The summed E-state index contributed by atoms with van der Waals surface area (Å²) >= 11 is 0. The third kappa shape index (κ3) is 3.55. The molecule has 2 aromatic rings. The van der Waals surface area contributed by atoms with Crippen LogP contribution in [0.4, 0.5) is 4.39 Å². The number of nitrogens with zero attached hydrogens (tertiary/aromatic N) is 1. The van der Waals surface area contributed by atoms with E-state index in [4.69, 9.17) is 0 Å². The van der Waals surface area contributed by atoms with Crippen molar-refractivity contribution in [1.29, 1.82) is 0 Å². The maximum Gasteiger partial charge on any atom is 0.272 e. The highest BCUT2D eigenvalue weighted by molar-refractivity contribution is 5.94. The van der Waals surface area contributed by atoms with E-state index in [1.807, 2.05) is 0 Å². The highest BCUT2D eigenvalue weighted by atomic mass is 35.5. The number of hydrogen-bond acceptors (Lipinski definition) is 3. The molecule has 0 bridgehead atoms. The fraction of sp³-hybridized carbons (Fsp3) is 0.444. The Hall–Kier alpha value is -1.92. The molecule has 25 heavy (non-hydrogen) atoms. The number of fused-ring (bicyclic) bond motifs is 1. The van der Waals surface area contributed by atoms with Crippen molar-refractivity contribution < 1.29 is 9.18 Å². The van der Waals surface area contributed by atoms with Gasteiger partial charge in [0.15, 0.2) is 5.69 Å². The van der Waals surface area contributed by atoms with Gasteiger partial charge in [0.2, 0.25) is 0 Å². The molecule has 3 N–H and O–H groups in total. The number of amides is 1. The van der Waals surface area contributed by atoms with E-state index in [2.05, 4.69) is 20.8 Å². The standard InChI is InChI=1S/C18H21FN4O.ClH/c19-13-6-4-12(5-7-13)16(11-2-1-3-11)21-18(24)17-14-10-20-9-8-15(14)22-23-17;/h4-7,11,16,20H,1-3,8-10H2,(H,21,24)(H,22,23);1H. The highest BCUT2D eigenvalue weighted by Crippen LogP contribution is 2.38. The molecule has 5 nitrogen and oxygen atoms in total. The molecule has 1 fully saturated rings. The SMILES string of the molecule is Cl.O=C(NC(c1ccc(F)cc1)C1CCC1)c1n[nH]c2c1CNCC2. The number of H-pyrrole nitrogens is 1. The summed E-state index contributed by atoms with van der Waals surface area (Å²) in [6.07, 6.45) is 4.21. The molecule has 0 saturated heterocycles. The molecule has 2 aliphatic rings. The van der Waals surface area contributed by atoms with E-state index in [9.17, 15) is 9.18 Å². The zero-order valence-electron chi connectivity index (χ0n) is 13.8. The highest BCUT2D eigenvalue weighted by Gasteiger charge is 2.31. The lowest BCUT2D eigenvalue weighted by Gasteiger charge is -2.34. The molecule has 1 unspecified atom stereocenters. The summed E-state index contributed by atoms with van der Waals surface area (Å²) in [5.74, 6) is -0.00499. The van der Waals surface area contributed by atoms with Gasteiger partial charge in [-0.15, -0.1) is 12.4 Å². The monoisotopic (exact) mass is 364 g/mol. The Balaban J connectivity index is 0.00000182. The zero-order chi connectivity index (χ0) is 16.5. The average Bonchev–Trinajstić information content (AvgIpc) is 2.97. The summed E-state index contributed by atoms with van der Waals surface area (Å²) in [5, 5.41) is 13.6. The molecule has 2 heterocycles. The van der Waals surface area contributed by atoms with Crippen LogP contribution in [-0.4, -0.2) is 22.6 Å². The number of hydrogen-bond donors (Lipinski definition) is 3. The molecule has 1 aromatic heterocycles. The largest absolute Gasteiger partial charge is 0.344 e. The first-order valence-electron chi connectivity index (χ1n) is 8.55. The molecule has 1 aliphatic carbocycles. The number of rotatable bonds is 4. The first kappa shape index (κ1) is 17.9. The van der Waals surface area contributed by atoms with Crippen LogP contribution in [0, 0.1) is 11.7 Å². The number of carbonyl (C=O) groups excluding carboxylic acids is 1. The summed E-state index contributed by atoms with van der Waals surface area (Å²) in [5.41, 5.74) is 3.44. The minimum absolute atomic E-state index is 0. The molecule has 134 valence electrons. The van der Waals surface area contributed by atoms with Crippen molar-refractivity contribution in [2.45, 2.75) is 38.3 Å². The Labute approximate surface area is 152 Å². The molecule has 1 amide bonds. The number of halogens is 2. The van der Waals surface area contributed by atoms with E-state index >= 15 is 0 Å². The Morgan fingerprint density at radius 3 is 2.72 bits per heavy atom. The Morgan fingerprint density at radius 2 is 2.04 bits per heavy atom. The van der Waals surface area contributed by atoms with Crippen LogP contribution in [0.2, 0.25) is 0 Å². The average molecular weight is 365 g/mol. The fourth-order valence-corrected chi connectivity index (χ4v) is 3.54. The van der Waals surface area contributed by atoms with Gasteiger partial charge in [0, 0.05) is 30.8 Å². The van der Waals surface area contributed by atoms with E-state index < -0.39 is 0 Å². The van der Waals surface area contributed by atoms with Gasteiger partial charge in [0.1, 0.15) is 5.82 Å². The maximum atomic E-state index is 13.2. The normalized spacial score (nSPS) is 17.8. The summed E-state index contributed by atoms with van der Waals surface area (Å²) in [6.45, 7) is 1.57. The van der Waals surface area contributed by atoms with Crippen molar-refractivity contribution in [3.8, 4) is 0 Å². The zero-order valence-corrected chi connectivity index (χ0v) is 14.7. The fourth-order valence-electron chi connectivity index (χ4n) is 3.54. The van der Waals surface area contributed by atoms with Gasteiger partial charge >= 0.3 is 0 Å². The maximum absolute atomic E-state index is 13.2. The predicted molar refractivity (Wildman–Crippen MR) is 95.2 cm³/mol. The van der Waals surface area contributed by atoms with Crippen molar-refractivity contribution in [2.75, 3.05) is 6.54 Å². The molecule has 1 aromatic carbocycles. The quantitative estimate of drug-likeness (QED) is 0.781. The van der Waals surface area contributed by atoms with Gasteiger partial charge in [-0.25, -0.2) is 4.39 Å². The van der Waals surface area contributed by atoms with Crippen LogP contribution in [0.25, 0.3) is 0 Å². The van der Waals surface area contributed by atoms with Crippen LogP contribution < -0.4 is 10.6 Å². The minimum Gasteiger partial charge on any atom is -0.344 e. The van der Waals surface area contributed by atoms with E-state index in [0.29, 0.717) is 18.2 Å². The number of aromatic amines is 1. The van der Waals surface area contributed by atoms with Crippen LogP contribution in [0.5, 0.6) is 0 Å². The molecular weight excluding hydrogens is 343 g/mol. The second-order valence-electron chi connectivity index (χ2n) is 6.65. The Morgan fingerprint density at radius 1 is 1.28 bits per heavy atom. The van der Waals surface area contributed by atoms with Gasteiger partial charge in [0.05, 0.1) is 6.04 Å². The van der Waals surface area contributed by atoms with Gasteiger partial charge in [-0.05, 0) is 36.5 Å². The molecule has 1 saturated carbocycles. The smallest absolute Gasteiger partial charge is 0.272 e. The molecule has 7 heteroatoms. The van der Waals surface area contributed by atoms with E-state index in [0.717, 1.165) is 42.6 Å². The van der Waals surface area contributed by atoms with E-state index in [-0.39, 0.29) is 30.2 Å². The lowest BCUT2D eigenvalue weighted by atomic mass is 9.77. The van der Waals surface area contributed by atoms with Crippen LogP contribution >= 0.6 is 12.4 Å². The number of nitrogens with one attached hydrogen (secondary N) is 3. The molecule has 4 rings (SSSR count). The molecule has 1 atom stereocenters. The molecular formula is C18H22ClFN4O. The first-order valence-corrected chi connectivity index (χ1v) is 8.55. The molecule has 0 radical (unpaired) electrons.